The van der Waals surface area contributed by atoms with Crippen LogP contribution in [0.3, 0.4) is 0 Å². The highest BCUT2D eigenvalue weighted by Gasteiger charge is 2.51. The van der Waals surface area contributed by atoms with Gasteiger partial charge in [-0.2, -0.15) is 13.2 Å². The lowest BCUT2D eigenvalue weighted by Crippen LogP contribution is -2.51. The summed E-state index contributed by atoms with van der Waals surface area (Å²) >= 11 is 6.86. The van der Waals surface area contributed by atoms with Gasteiger partial charge in [0.05, 0.1) is 17.3 Å². The molecule has 1 N–H and O–H groups in total. The van der Waals surface area contributed by atoms with Gasteiger partial charge in [-0.25, -0.2) is 4.98 Å². The smallest absolute Gasteiger partial charge is 0.373 e. The average Bonchev–Trinajstić information content (AvgIpc) is 3.18. The lowest BCUT2D eigenvalue weighted by atomic mass is 9.91. The number of hydrogen-bond donors (Lipinski definition) is 1. The number of pyridine rings is 1. The van der Waals surface area contributed by atoms with Gasteiger partial charge < -0.3 is 10.2 Å². The number of alkyl halides is 3. The van der Waals surface area contributed by atoms with Crippen molar-refractivity contribution in [3.8, 4) is 0 Å². The van der Waals surface area contributed by atoms with Crippen molar-refractivity contribution in [3.63, 3.8) is 0 Å². The maximum absolute atomic E-state index is 13.2. The Morgan fingerprint density at radius 1 is 1.47 bits per heavy atom. The van der Waals surface area contributed by atoms with Crippen LogP contribution in [0.4, 0.5) is 24.0 Å². The van der Waals surface area contributed by atoms with E-state index < -0.39 is 34.1 Å². The van der Waals surface area contributed by atoms with E-state index in [1.54, 1.807) is 27.1 Å². The molecule has 0 bridgehead atoms. The Balaban J connectivity index is 2.00. The van der Waals surface area contributed by atoms with E-state index in [0.29, 0.717) is 12.4 Å². The molecule has 11 heteroatoms. The van der Waals surface area contributed by atoms with E-state index in [1.165, 1.54) is 4.90 Å². The molecule has 30 heavy (non-hydrogen) atoms. The predicted molar refractivity (Wildman–Crippen MR) is 110 cm³/mol. The number of anilines is 2. The van der Waals surface area contributed by atoms with Crippen molar-refractivity contribution >= 4 is 45.8 Å². The highest BCUT2D eigenvalue weighted by molar-refractivity contribution is 7.15. The molecule has 0 aromatic carbocycles. The first-order chi connectivity index (χ1) is 14.0. The second-order valence-corrected chi connectivity index (χ2v) is 8.69. The summed E-state index contributed by atoms with van der Waals surface area (Å²) in [7, 11) is 1.74. The van der Waals surface area contributed by atoms with Crippen LogP contribution in [0, 0.1) is 0 Å². The van der Waals surface area contributed by atoms with Crippen molar-refractivity contribution in [3.05, 3.63) is 39.9 Å². The number of thiophene rings is 1. The van der Waals surface area contributed by atoms with Crippen LogP contribution < -0.4 is 10.2 Å². The van der Waals surface area contributed by atoms with Crippen molar-refractivity contribution in [2.45, 2.75) is 38.1 Å². The van der Waals surface area contributed by atoms with Crippen molar-refractivity contribution < 1.29 is 22.8 Å². The van der Waals surface area contributed by atoms with Gasteiger partial charge in [-0.15, -0.1) is 11.3 Å². The molecule has 1 unspecified atom stereocenters. The molecule has 6 nitrogen and oxygen atoms in total. The zero-order valence-electron chi connectivity index (χ0n) is 16.5. The normalized spacial score (nSPS) is 19.2. The summed E-state index contributed by atoms with van der Waals surface area (Å²) in [5.74, 6) is -0.0517. The number of aldehydes is 1. The van der Waals surface area contributed by atoms with Gasteiger partial charge in [0.25, 0.3) is 0 Å². The van der Waals surface area contributed by atoms with Crippen LogP contribution in [-0.4, -0.2) is 47.3 Å². The minimum Gasteiger partial charge on any atom is -0.373 e. The van der Waals surface area contributed by atoms with E-state index >= 15 is 0 Å². The summed E-state index contributed by atoms with van der Waals surface area (Å²) in [4.78, 5) is 31.4. The number of nitrogens with one attached hydrogen (secondary N) is 1. The minimum atomic E-state index is -4.61. The standard InChI is InChI=1S/C19H20ClF3N4O2S/c1-18(2)16(13(29)8-28)27(17-15(20)12(9-30-17)19(21,22)23)10-26(18)7-11-4-5-25-14(6-11)24-3/h4-6,8-9,16H,7,10H2,1-3H3,(H,24,25). The second kappa shape index (κ2) is 8.16. The molecule has 1 aliphatic heterocycles. The molecule has 3 heterocycles. The first kappa shape index (κ1) is 22.5. The van der Waals surface area contributed by atoms with Crippen molar-refractivity contribution in [2.24, 2.45) is 0 Å². The van der Waals surface area contributed by atoms with Crippen molar-refractivity contribution in [1.82, 2.24) is 9.88 Å². The van der Waals surface area contributed by atoms with E-state index in [-0.39, 0.29) is 18.0 Å². The quantitative estimate of drug-likeness (QED) is 0.518. The molecule has 2 aromatic rings. The van der Waals surface area contributed by atoms with Gasteiger partial charge in [-0.1, -0.05) is 11.6 Å². The molecule has 1 saturated heterocycles. The summed E-state index contributed by atoms with van der Waals surface area (Å²) in [6, 6.07) is 2.68. The topological polar surface area (TPSA) is 65.5 Å². The molecule has 0 spiro atoms. The van der Waals surface area contributed by atoms with Crippen LogP contribution in [0.15, 0.2) is 23.7 Å². The number of Topliss-reactive ketones (excluding diaryl/α,β-unsaturated/α-hetero) is 1. The second-order valence-electron chi connectivity index (χ2n) is 7.45. The molecule has 162 valence electrons. The number of aromatic nitrogens is 1. The van der Waals surface area contributed by atoms with Crippen LogP contribution in [-0.2, 0) is 22.3 Å². The number of halogens is 4. The fourth-order valence-electron chi connectivity index (χ4n) is 3.65. The summed E-state index contributed by atoms with van der Waals surface area (Å²) < 4.78 is 39.7. The summed E-state index contributed by atoms with van der Waals surface area (Å²) in [6.07, 6.45) is -2.76. The monoisotopic (exact) mass is 460 g/mol. The lowest BCUT2D eigenvalue weighted by molar-refractivity contribution is -0.137. The maximum Gasteiger partial charge on any atom is 0.418 e. The number of rotatable bonds is 6. The maximum atomic E-state index is 13.2. The predicted octanol–water partition coefficient (Wildman–Crippen LogP) is 4.05. The van der Waals surface area contributed by atoms with E-state index in [0.717, 1.165) is 22.3 Å². The van der Waals surface area contributed by atoms with Crippen LogP contribution in [0.5, 0.6) is 0 Å². The third-order valence-corrected chi connectivity index (χ3v) is 6.75. The third kappa shape index (κ3) is 4.03. The summed E-state index contributed by atoms with van der Waals surface area (Å²) in [5.41, 5.74) is -0.896. The van der Waals surface area contributed by atoms with Gasteiger partial charge in [-0.05, 0) is 31.5 Å². The average molecular weight is 461 g/mol. The molecular formula is C19H20ClF3N4O2S. The molecule has 0 aliphatic carbocycles. The molecule has 1 aliphatic rings. The molecule has 0 radical (unpaired) electrons. The largest absolute Gasteiger partial charge is 0.418 e. The number of nitrogens with zero attached hydrogens (tertiary/aromatic N) is 3. The minimum absolute atomic E-state index is 0.116. The van der Waals surface area contributed by atoms with Crippen LogP contribution in [0.2, 0.25) is 5.02 Å². The van der Waals surface area contributed by atoms with Crippen molar-refractivity contribution in [1.29, 1.82) is 0 Å². The molecule has 0 saturated carbocycles. The van der Waals surface area contributed by atoms with Crippen LogP contribution in [0.1, 0.15) is 25.0 Å². The van der Waals surface area contributed by atoms with Crippen molar-refractivity contribution in [2.75, 3.05) is 23.9 Å². The highest BCUT2D eigenvalue weighted by atomic mass is 35.5. The number of hydrogen-bond acceptors (Lipinski definition) is 7. The third-order valence-electron chi connectivity index (χ3n) is 5.24. The fourth-order valence-corrected chi connectivity index (χ4v) is 5.11. The van der Waals surface area contributed by atoms with Gasteiger partial charge in [0.15, 0.2) is 6.29 Å². The fraction of sp³-hybridized carbons (Fsp3) is 0.421. The first-order valence-corrected chi connectivity index (χ1v) is 10.2. The van der Waals surface area contributed by atoms with Gasteiger partial charge in [-0.3, -0.25) is 14.5 Å². The zero-order chi connectivity index (χ0) is 22.3. The lowest BCUT2D eigenvalue weighted by Gasteiger charge is -2.34. The summed E-state index contributed by atoms with van der Waals surface area (Å²) in [5, 5.41) is 3.53. The first-order valence-electron chi connectivity index (χ1n) is 8.98. The van der Waals surface area contributed by atoms with E-state index in [1.807, 2.05) is 17.0 Å². The Hall–Kier alpha value is -2.17. The molecule has 3 rings (SSSR count). The highest BCUT2D eigenvalue weighted by Crippen LogP contribution is 2.47. The van der Waals surface area contributed by atoms with Crippen LogP contribution >= 0.6 is 22.9 Å². The van der Waals surface area contributed by atoms with Crippen LogP contribution in [0.25, 0.3) is 0 Å². The number of carbonyl (C=O) groups is 2. The molecular weight excluding hydrogens is 441 g/mol. The Morgan fingerprint density at radius 3 is 2.73 bits per heavy atom. The van der Waals surface area contributed by atoms with E-state index in [2.05, 4.69) is 10.3 Å². The molecule has 0 amide bonds. The SMILES string of the molecule is CNc1cc(CN2CN(c3scc(C(F)(F)F)c3Cl)C(C(=O)C=O)C2(C)C)ccn1. The van der Waals surface area contributed by atoms with E-state index in [4.69, 9.17) is 11.6 Å². The number of ketones is 1. The number of carbonyl (C=O) groups excluding carboxylic acids is 2. The zero-order valence-corrected chi connectivity index (χ0v) is 18.0. The molecule has 1 fully saturated rings. The summed E-state index contributed by atoms with van der Waals surface area (Å²) in [6.45, 7) is 4.10. The van der Waals surface area contributed by atoms with Gasteiger partial charge in [0.1, 0.15) is 16.9 Å². The van der Waals surface area contributed by atoms with Gasteiger partial charge >= 0.3 is 6.18 Å². The van der Waals surface area contributed by atoms with E-state index in [9.17, 15) is 22.8 Å². The van der Waals surface area contributed by atoms with Gasteiger partial charge in [0, 0.05) is 30.7 Å². The Bertz CT molecular complexity index is 963. The Labute approximate surface area is 180 Å². The Morgan fingerprint density at radius 2 is 2.17 bits per heavy atom. The van der Waals surface area contributed by atoms with Gasteiger partial charge in [0.2, 0.25) is 5.78 Å². The Kier molecular flexibility index (Phi) is 6.13. The molecule has 1 atom stereocenters. The molecule has 2 aromatic heterocycles.